The lowest BCUT2D eigenvalue weighted by molar-refractivity contribution is -0.140. The molecule has 128 valence electrons. The maximum absolute atomic E-state index is 13.1. The number of fused-ring (bicyclic) bond motifs is 1. The normalized spacial score (nSPS) is 10.8. The monoisotopic (exact) mass is 339 g/mol. The van der Waals surface area contributed by atoms with Gasteiger partial charge in [0, 0.05) is 17.5 Å². The number of hydrogen-bond donors (Lipinski definition) is 0. The highest BCUT2D eigenvalue weighted by atomic mass is 19.1. The number of nitrogens with zero attached hydrogens (tertiary/aromatic N) is 1. The van der Waals surface area contributed by atoms with E-state index in [0.717, 1.165) is 16.8 Å². The Balaban J connectivity index is 2.09. The smallest absolute Gasteiger partial charge is 0.305 e. The molecule has 0 radical (unpaired) electrons. The number of aromatic nitrogens is 1. The minimum absolute atomic E-state index is 0.162. The summed E-state index contributed by atoms with van der Waals surface area (Å²) in [5.41, 5.74) is 3.50. The van der Waals surface area contributed by atoms with E-state index in [2.05, 4.69) is 0 Å². The quantitative estimate of drug-likeness (QED) is 0.526. The number of rotatable bonds is 5. The van der Waals surface area contributed by atoms with Gasteiger partial charge in [0.15, 0.2) is 5.78 Å². The van der Waals surface area contributed by atoms with E-state index < -0.39 is 0 Å². The highest BCUT2D eigenvalue weighted by Gasteiger charge is 2.21. The number of carbonyl (C=O) groups excluding carboxylic acids is 2. The first-order chi connectivity index (χ1) is 12.0. The SMILES string of the molecule is COC(=O)CCc1c(C)c(C(=O)c2ccc(F)cc2)c2ccccn12. The number of methoxy groups -OCH3 is 1. The van der Waals surface area contributed by atoms with Gasteiger partial charge in [-0.15, -0.1) is 0 Å². The van der Waals surface area contributed by atoms with E-state index in [1.165, 1.54) is 31.4 Å². The molecule has 1 aromatic carbocycles. The standard InChI is InChI=1S/C20H18FNO3/c1-13-16(10-11-18(23)25-2)22-12-4-3-5-17(22)19(13)20(24)14-6-8-15(21)9-7-14/h3-9,12H,10-11H2,1-2H3. The first-order valence-corrected chi connectivity index (χ1v) is 7.98. The fourth-order valence-corrected chi connectivity index (χ4v) is 3.06. The number of ether oxygens (including phenoxy) is 1. The number of esters is 1. The third-order valence-corrected chi connectivity index (χ3v) is 4.34. The minimum Gasteiger partial charge on any atom is -0.469 e. The summed E-state index contributed by atoms with van der Waals surface area (Å²) in [7, 11) is 1.36. The molecule has 0 aliphatic rings. The van der Waals surface area contributed by atoms with Crippen LogP contribution in [0.25, 0.3) is 5.52 Å². The molecule has 3 aromatic rings. The van der Waals surface area contributed by atoms with Crippen molar-refractivity contribution in [1.82, 2.24) is 4.40 Å². The zero-order valence-corrected chi connectivity index (χ0v) is 14.1. The summed E-state index contributed by atoms with van der Waals surface area (Å²) in [5, 5.41) is 0. The van der Waals surface area contributed by atoms with E-state index in [4.69, 9.17) is 4.74 Å². The molecule has 4 nitrogen and oxygen atoms in total. The molecule has 0 aliphatic heterocycles. The van der Waals surface area contributed by atoms with E-state index in [-0.39, 0.29) is 24.0 Å². The summed E-state index contributed by atoms with van der Waals surface area (Å²) in [6.45, 7) is 1.87. The van der Waals surface area contributed by atoms with Crippen molar-refractivity contribution in [3.8, 4) is 0 Å². The Morgan fingerprint density at radius 1 is 1.12 bits per heavy atom. The van der Waals surface area contributed by atoms with Crippen LogP contribution in [0.2, 0.25) is 0 Å². The predicted octanol–water partition coefficient (Wildman–Crippen LogP) is 3.72. The maximum Gasteiger partial charge on any atom is 0.305 e. The second-order valence-corrected chi connectivity index (χ2v) is 5.81. The third-order valence-electron chi connectivity index (χ3n) is 4.34. The number of halogens is 1. The third kappa shape index (κ3) is 3.18. The van der Waals surface area contributed by atoms with E-state index in [1.54, 1.807) is 0 Å². The minimum atomic E-state index is -0.381. The van der Waals surface area contributed by atoms with Crippen molar-refractivity contribution in [1.29, 1.82) is 0 Å². The zero-order chi connectivity index (χ0) is 18.0. The molecule has 0 spiro atoms. The molecule has 0 bridgehead atoms. The van der Waals surface area contributed by atoms with Gasteiger partial charge in [0.2, 0.25) is 0 Å². The molecule has 0 fully saturated rings. The van der Waals surface area contributed by atoms with Crippen LogP contribution >= 0.6 is 0 Å². The second kappa shape index (κ2) is 6.89. The average Bonchev–Trinajstić information content (AvgIpc) is 2.91. The van der Waals surface area contributed by atoms with Crippen molar-refractivity contribution in [2.24, 2.45) is 0 Å². The number of carbonyl (C=O) groups is 2. The predicted molar refractivity (Wildman–Crippen MR) is 92.3 cm³/mol. The molecule has 0 aliphatic carbocycles. The van der Waals surface area contributed by atoms with Crippen molar-refractivity contribution < 1.29 is 18.7 Å². The van der Waals surface area contributed by atoms with Gasteiger partial charge in [-0.2, -0.15) is 0 Å². The summed E-state index contributed by atoms with van der Waals surface area (Å²) in [6, 6.07) is 11.1. The van der Waals surface area contributed by atoms with Crippen LogP contribution in [0, 0.1) is 12.7 Å². The average molecular weight is 339 g/mol. The number of hydrogen-bond acceptors (Lipinski definition) is 3. The molecule has 5 heteroatoms. The largest absolute Gasteiger partial charge is 0.469 e. The van der Waals surface area contributed by atoms with E-state index in [0.29, 0.717) is 17.5 Å². The molecule has 3 rings (SSSR count). The van der Waals surface area contributed by atoms with E-state index >= 15 is 0 Å². The Labute approximate surface area is 144 Å². The van der Waals surface area contributed by atoms with Gasteiger partial charge in [0.05, 0.1) is 24.6 Å². The molecular formula is C20H18FNO3. The van der Waals surface area contributed by atoms with Gasteiger partial charge in [-0.1, -0.05) is 6.07 Å². The van der Waals surface area contributed by atoms with Gasteiger partial charge in [-0.05, 0) is 55.3 Å². The lowest BCUT2D eigenvalue weighted by atomic mass is 9.99. The van der Waals surface area contributed by atoms with Crippen LogP contribution in [0.5, 0.6) is 0 Å². The number of pyridine rings is 1. The number of aryl methyl sites for hydroxylation is 1. The number of ketones is 1. The van der Waals surface area contributed by atoms with Crippen molar-refractivity contribution in [2.45, 2.75) is 19.8 Å². The Hall–Kier alpha value is -2.95. The van der Waals surface area contributed by atoms with Crippen molar-refractivity contribution in [3.63, 3.8) is 0 Å². The molecule has 0 unspecified atom stereocenters. The molecule has 0 saturated carbocycles. The van der Waals surface area contributed by atoms with Crippen LogP contribution in [0.15, 0.2) is 48.7 Å². The second-order valence-electron chi connectivity index (χ2n) is 5.81. The van der Waals surface area contributed by atoms with E-state index in [9.17, 15) is 14.0 Å². The van der Waals surface area contributed by atoms with Crippen molar-refractivity contribution >= 4 is 17.3 Å². The molecule has 0 N–H and O–H groups in total. The molecule has 0 amide bonds. The molecule has 2 heterocycles. The zero-order valence-electron chi connectivity index (χ0n) is 14.1. The molecule has 0 atom stereocenters. The molecule has 2 aromatic heterocycles. The lowest BCUT2D eigenvalue weighted by Crippen LogP contribution is -2.05. The Morgan fingerprint density at radius 3 is 2.52 bits per heavy atom. The van der Waals surface area contributed by atoms with E-state index in [1.807, 2.05) is 35.7 Å². The van der Waals surface area contributed by atoms with Crippen LogP contribution in [-0.2, 0) is 16.0 Å². The van der Waals surface area contributed by atoms with Crippen LogP contribution in [-0.4, -0.2) is 23.3 Å². The van der Waals surface area contributed by atoms with Gasteiger partial charge in [0.1, 0.15) is 5.82 Å². The summed E-state index contributed by atoms with van der Waals surface area (Å²) in [6.07, 6.45) is 2.58. The van der Waals surface area contributed by atoms with Crippen molar-refractivity contribution in [2.75, 3.05) is 7.11 Å². The van der Waals surface area contributed by atoms with Crippen LogP contribution < -0.4 is 0 Å². The van der Waals surface area contributed by atoms with Gasteiger partial charge in [-0.3, -0.25) is 9.59 Å². The summed E-state index contributed by atoms with van der Waals surface area (Å²) >= 11 is 0. The van der Waals surface area contributed by atoms with Crippen LogP contribution in [0.3, 0.4) is 0 Å². The van der Waals surface area contributed by atoms with Gasteiger partial charge in [-0.25, -0.2) is 4.39 Å². The maximum atomic E-state index is 13.1. The van der Waals surface area contributed by atoms with Gasteiger partial charge >= 0.3 is 5.97 Å². The molecule has 25 heavy (non-hydrogen) atoms. The Morgan fingerprint density at radius 2 is 1.84 bits per heavy atom. The fraction of sp³-hybridized carbons (Fsp3) is 0.200. The first kappa shape index (κ1) is 16.9. The summed E-state index contributed by atoms with van der Waals surface area (Å²) < 4.78 is 19.8. The van der Waals surface area contributed by atoms with Gasteiger partial charge < -0.3 is 9.14 Å². The molecule has 0 saturated heterocycles. The molecular weight excluding hydrogens is 321 g/mol. The fourth-order valence-electron chi connectivity index (χ4n) is 3.06. The summed E-state index contributed by atoms with van der Waals surface area (Å²) in [5.74, 6) is -0.837. The lowest BCUT2D eigenvalue weighted by Gasteiger charge is -2.03. The van der Waals surface area contributed by atoms with Gasteiger partial charge in [0.25, 0.3) is 0 Å². The topological polar surface area (TPSA) is 47.8 Å². The Bertz CT molecular complexity index is 941. The highest BCUT2D eigenvalue weighted by molar-refractivity contribution is 6.14. The van der Waals surface area contributed by atoms with Crippen LogP contribution in [0.1, 0.15) is 33.6 Å². The van der Waals surface area contributed by atoms with Crippen molar-refractivity contribution in [3.05, 3.63) is 76.9 Å². The van der Waals surface area contributed by atoms with Crippen LogP contribution in [0.4, 0.5) is 4.39 Å². The first-order valence-electron chi connectivity index (χ1n) is 7.98. The summed E-state index contributed by atoms with van der Waals surface area (Å²) in [4.78, 5) is 24.5. The number of benzene rings is 1. The highest BCUT2D eigenvalue weighted by Crippen LogP contribution is 2.27. The Kier molecular flexibility index (Phi) is 4.65.